The van der Waals surface area contributed by atoms with Crippen LogP contribution in [0.15, 0.2) is 29.1 Å². The predicted octanol–water partition coefficient (Wildman–Crippen LogP) is 3.16. The van der Waals surface area contributed by atoms with E-state index in [4.69, 9.17) is 4.98 Å². The highest BCUT2D eigenvalue weighted by Gasteiger charge is 2.28. The third-order valence-electron chi connectivity index (χ3n) is 3.78. The molecule has 1 aliphatic rings. The van der Waals surface area contributed by atoms with Gasteiger partial charge in [0, 0.05) is 24.0 Å². The molecule has 0 spiro atoms. The molecular weight excluding hydrogens is 284 g/mol. The summed E-state index contributed by atoms with van der Waals surface area (Å²) in [4.78, 5) is 20.7. The van der Waals surface area contributed by atoms with Gasteiger partial charge in [-0.25, -0.2) is 9.97 Å². The molecule has 2 heterocycles. The number of carbonyl (C=O) groups is 1. The molecule has 5 nitrogen and oxygen atoms in total. The zero-order chi connectivity index (χ0) is 14.4. The number of aromatic nitrogens is 3. The van der Waals surface area contributed by atoms with Gasteiger partial charge in [0.25, 0.3) is 5.91 Å². The fourth-order valence-corrected chi connectivity index (χ4v) is 3.05. The second-order valence-corrected chi connectivity index (χ2v) is 6.05. The van der Waals surface area contributed by atoms with Gasteiger partial charge in [-0.15, -0.1) is 11.3 Å². The zero-order valence-corrected chi connectivity index (χ0v) is 12.4. The van der Waals surface area contributed by atoms with Gasteiger partial charge in [0.1, 0.15) is 11.5 Å². The fraction of sp³-hybridized carbons (Fsp3) is 0.267. The van der Waals surface area contributed by atoms with E-state index in [1.54, 1.807) is 10.9 Å². The Bertz CT molecular complexity index is 818. The molecule has 1 aliphatic carbocycles. The van der Waals surface area contributed by atoms with Crippen molar-refractivity contribution < 1.29 is 4.79 Å². The molecule has 1 N–H and O–H groups in total. The Hall–Kier alpha value is -2.21. The molecule has 1 aromatic carbocycles. The second kappa shape index (κ2) is 4.66. The van der Waals surface area contributed by atoms with Gasteiger partial charge in [-0.1, -0.05) is 0 Å². The Morgan fingerprint density at radius 1 is 1.43 bits per heavy atom. The molecule has 1 fully saturated rings. The Morgan fingerprint density at radius 3 is 3.00 bits per heavy atom. The number of benzene rings is 1. The molecule has 0 aliphatic heterocycles. The Kier molecular flexibility index (Phi) is 2.78. The smallest absolute Gasteiger partial charge is 0.275 e. The number of nitrogens with one attached hydrogen (secondary N) is 1. The minimum Gasteiger partial charge on any atom is -0.331 e. The van der Waals surface area contributed by atoms with Crippen LogP contribution < -0.4 is 5.32 Å². The number of anilines is 1. The first-order valence-corrected chi connectivity index (χ1v) is 7.82. The lowest BCUT2D eigenvalue weighted by Gasteiger charge is -2.03. The molecule has 0 unspecified atom stereocenters. The average molecular weight is 298 g/mol. The van der Waals surface area contributed by atoms with Crippen molar-refractivity contribution in [2.45, 2.75) is 18.8 Å². The van der Waals surface area contributed by atoms with Gasteiger partial charge in [-0.05, 0) is 31.0 Å². The topological polar surface area (TPSA) is 59.8 Å². The minimum absolute atomic E-state index is 0.186. The summed E-state index contributed by atoms with van der Waals surface area (Å²) in [5.41, 5.74) is 4.87. The molecule has 0 bridgehead atoms. The number of thiazole rings is 1. The summed E-state index contributed by atoms with van der Waals surface area (Å²) in [5, 5.41) is 4.60. The van der Waals surface area contributed by atoms with Crippen LogP contribution in [0.5, 0.6) is 0 Å². The molecule has 1 saturated carbocycles. The molecule has 1 amide bonds. The summed E-state index contributed by atoms with van der Waals surface area (Å²) in [7, 11) is 2.05. The molecule has 0 radical (unpaired) electrons. The van der Waals surface area contributed by atoms with E-state index < -0.39 is 0 Å². The first-order chi connectivity index (χ1) is 10.2. The molecule has 0 saturated heterocycles. The number of hydrogen-bond donors (Lipinski definition) is 1. The Morgan fingerprint density at radius 2 is 2.29 bits per heavy atom. The lowest BCUT2D eigenvalue weighted by Crippen LogP contribution is -2.11. The molecule has 106 valence electrons. The Labute approximate surface area is 125 Å². The van der Waals surface area contributed by atoms with Crippen molar-refractivity contribution >= 4 is 34.0 Å². The third kappa shape index (κ3) is 2.21. The van der Waals surface area contributed by atoms with Gasteiger partial charge in [0.2, 0.25) is 0 Å². The van der Waals surface area contributed by atoms with E-state index in [1.807, 2.05) is 18.2 Å². The number of amides is 1. The number of carbonyl (C=O) groups excluding carboxylic acids is 1. The summed E-state index contributed by atoms with van der Waals surface area (Å²) in [6, 6.07) is 5.83. The summed E-state index contributed by atoms with van der Waals surface area (Å²) >= 11 is 1.41. The van der Waals surface area contributed by atoms with Crippen molar-refractivity contribution in [2.75, 3.05) is 5.32 Å². The SMILES string of the molecule is Cn1c(C2CC2)nc2cc(NC(=O)c3cscn3)ccc21. The van der Waals surface area contributed by atoms with Crippen molar-refractivity contribution in [2.24, 2.45) is 7.05 Å². The van der Waals surface area contributed by atoms with Crippen LogP contribution in [0, 0.1) is 0 Å². The van der Waals surface area contributed by atoms with Gasteiger partial charge in [0.05, 0.1) is 16.5 Å². The van der Waals surface area contributed by atoms with E-state index in [1.165, 1.54) is 24.2 Å². The summed E-state index contributed by atoms with van der Waals surface area (Å²) in [5.74, 6) is 1.57. The molecule has 3 aromatic rings. The standard InChI is InChI=1S/C15H14N4OS/c1-19-13-5-4-10(17-15(20)12-7-21-8-16-12)6-11(13)18-14(19)9-2-3-9/h4-9H,2-3H2,1H3,(H,17,20). The number of hydrogen-bond acceptors (Lipinski definition) is 4. The third-order valence-corrected chi connectivity index (χ3v) is 4.37. The highest BCUT2D eigenvalue weighted by molar-refractivity contribution is 7.07. The van der Waals surface area contributed by atoms with Crippen LogP contribution in [0.1, 0.15) is 35.1 Å². The molecular formula is C15H14N4OS. The number of rotatable bonds is 3. The van der Waals surface area contributed by atoms with Crippen molar-refractivity contribution in [1.29, 1.82) is 0 Å². The van der Waals surface area contributed by atoms with Gasteiger partial charge in [-0.2, -0.15) is 0 Å². The van der Waals surface area contributed by atoms with Crippen LogP contribution in [0.2, 0.25) is 0 Å². The first-order valence-electron chi connectivity index (χ1n) is 6.88. The minimum atomic E-state index is -0.186. The van der Waals surface area contributed by atoms with Crippen LogP contribution >= 0.6 is 11.3 Å². The van der Waals surface area contributed by atoms with E-state index in [0.717, 1.165) is 22.5 Å². The second-order valence-electron chi connectivity index (χ2n) is 5.33. The van der Waals surface area contributed by atoms with E-state index in [0.29, 0.717) is 11.6 Å². The van der Waals surface area contributed by atoms with Gasteiger partial charge in [-0.3, -0.25) is 4.79 Å². The summed E-state index contributed by atoms with van der Waals surface area (Å²) in [6.07, 6.45) is 2.45. The van der Waals surface area contributed by atoms with E-state index in [9.17, 15) is 4.79 Å². The number of imidazole rings is 1. The van der Waals surface area contributed by atoms with Crippen LogP contribution in [0.4, 0.5) is 5.69 Å². The van der Waals surface area contributed by atoms with Crippen molar-refractivity contribution in [3.63, 3.8) is 0 Å². The molecule has 2 aromatic heterocycles. The number of aryl methyl sites for hydroxylation is 1. The van der Waals surface area contributed by atoms with Crippen LogP contribution in [-0.4, -0.2) is 20.4 Å². The highest BCUT2D eigenvalue weighted by atomic mass is 32.1. The van der Waals surface area contributed by atoms with Crippen molar-refractivity contribution in [1.82, 2.24) is 14.5 Å². The van der Waals surface area contributed by atoms with E-state index >= 15 is 0 Å². The normalized spacial score (nSPS) is 14.5. The van der Waals surface area contributed by atoms with Crippen LogP contribution in [0.3, 0.4) is 0 Å². The molecule has 4 rings (SSSR count). The first kappa shape index (κ1) is 12.5. The maximum absolute atomic E-state index is 12.0. The highest BCUT2D eigenvalue weighted by Crippen LogP contribution is 2.40. The molecule has 21 heavy (non-hydrogen) atoms. The Balaban J connectivity index is 1.66. The summed E-state index contributed by atoms with van der Waals surface area (Å²) in [6.45, 7) is 0. The molecule has 6 heteroatoms. The molecule has 0 atom stereocenters. The zero-order valence-electron chi connectivity index (χ0n) is 11.5. The summed E-state index contributed by atoms with van der Waals surface area (Å²) < 4.78 is 2.15. The maximum atomic E-state index is 12.0. The van der Waals surface area contributed by atoms with Gasteiger partial charge < -0.3 is 9.88 Å². The van der Waals surface area contributed by atoms with E-state index in [-0.39, 0.29) is 5.91 Å². The number of nitrogens with zero attached hydrogens (tertiary/aromatic N) is 3. The van der Waals surface area contributed by atoms with Crippen molar-refractivity contribution in [3.8, 4) is 0 Å². The van der Waals surface area contributed by atoms with Gasteiger partial charge in [0.15, 0.2) is 0 Å². The van der Waals surface area contributed by atoms with Crippen LogP contribution in [-0.2, 0) is 7.05 Å². The van der Waals surface area contributed by atoms with Gasteiger partial charge >= 0.3 is 0 Å². The maximum Gasteiger partial charge on any atom is 0.275 e. The lowest BCUT2D eigenvalue weighted by atomic mass is 10.2. The van der Waals surface area contributed by atoms with E-state index in [2.05, 4.69) is 21.9 Å². The monoisotopic (exact) mass is 298 g/mol. The quantitative estimate of drug-likeness (QED) is 0.808. The lowest BCUT2D eigenvalue weighted by molar-refractivity contribution is 0.102. The van der Waals surface area contributed by atoms with Crippen LogP contribution in [0.25, 0.3) is 11.0 Å². The predicted molar refractivity (Wildman–Crippen MR) is 82.8 cm³/mol. The van der Waals surface area contributed by atoms with Crippen molar-refractivity contribution in [3.05, 3.63) is 40.6 Å². The fourth-order valence-electron chi connectivity index (χ4n) is 2.52. The average Bonchev–Trinajstić information content (AvgIpc) is 3.06. The number of fused-ring (bicyclic) bond motifs is 1. The largest absolute Gasteiger partial charge is 0.331 e.